The Kier molecular flexibility index (Phi) is 5.73. The molecule has 0 aliphatic carbocycles. The molecule has 0 bridgehead atoms. The minimum Gasteiger partial charge on any atom is -0.464 e. The Labute approximate surface area is 124 Å². The molecule has 8 nitrogen and oxygen atoms in total. The molecular weight excluding hydrogens is 298 g/mol. The van der Waals surface area contributed by atoms with E-state index < -0.39 is 22.1 Å². The van der Waals surface area contributed by atoms with Crippen LogP contribution < -0.4 is 4.72 Å². The van der Waals surface area contributed by atoms with Crippen LogP contribution in [0.5, 0.6) is 0 Å². The van der Waals surface area contributed by atoms with E-state index in [1.165, 1.54) is 25.1 Å². The highest BCUT2D eigenvalue weighted by molar-refractivity contribution is 7.92. The number of aromatic nitrogens is 2. The quantitative estimate of drug-likeness (QED) is 0.740. The second-order valence-electron chi connectivity index (χ2n) is 4.96. The third kappa shape index (κ3) is 4.71. The van der Waals surface area contributed by atoms with Gasteiger partial charge in [-0.1, -0.05) is 13.8 Å². The van der Waals surface area contributed by atoms with Gasteiger partial charge in [0.25, 0.3) is 0 Å². The van der Waals surface area contributed by atoms with Gasteiger partial charge in [-0.3, -0.25) is 9.40 Å². The van der Waals surface area contributed by atoms with Crippen molar-refractivity contribution in [3.05, 3.63) is 11.9 Å². The number of anilines is 1. The molecule has 1 rings (SSSR count). The summed E-state index contributed by atoms with van der Waals surface area (Å²) in [4.78, 5) is 11.6. The number of rotatable bonds is 7. The van der Waals surface area contributed by atoms with Gasteiger partial charge in [-0.25, -0.2) is 13.2 Å². The van der Waals surface area contributed by atoms with Gasteiger partial charge in [-0.2, -0.15) is 5.10 Å². The molecular formula is C12H21N3O5S. The first-order chi connectivity index (χ1) is 9.70. The van der Waals surface area contributed by atoms with Crippen molar-refractivity contribution in [3.63, 3.8) is 0 Å². The highest BCUT2D eigenvalue weighted by Gasteiger charge is 2.25. The first-order valence-corrected chi connectivity index (χ1v) is 8.00. The molecule has 0 aromatic carbocycles. The highest BCUT2D eigenvalue weighted by Crippen LogP contribution is 2.17. The molecule has 0 saturated carbocycles. The largest absolute Gasteiger partial charge is 0.464 e. The molecule has 21 heavy (non-hydrogen) atoms. The van der Waals surface area contributed by atoms with Crippen molar-refractivity contribution in [2.45, 2.75) is 20.0 Å². The summed E-state index contributed by atoms with van der Waals surface area (Å²) in [5.74, 6) is -0.877. The van der Waals surface area contributed by atoms with Crippen molar-refractivity contribution in [3.8, 4) is 0 Å². The lowest BCUT2D eigenvalue weighted by Gasteiger charge is -2.19. The number of sulfonamides is 1. The molecule has 0 amide bonds. The maximum Gasteiger partial charge on any atom is 0.360 e. The van der Waals surface area contributed by atoms with Crippen molar-refractivity contribution in [2.24, 2.45) is 13.0 Å². The molecule has 1 aromatic rings. The molecule has 120 valence electrons. The van der Waals surface area contributed by atoms with Gasteiger partial charge in [0.1, 0.15) is 5.69 Å². The lowest BCUT2D eigenvalue weighted by molar-refractivity contribution is 0.0594. The Morgan fingerprint density at radius 1 is 1.43 bits per heavy atom. The molecule has 0 radical (unpaired) electrons. The Morgan fingerprint density at radius 3 is 2.52 bits per heavy atom. The molecule has 0 aliphatic heterocycles. The third-order valence-electron chi connectivity index (χ3n) is 2.90. The number of nitrogens with zero attached hydrogens (tertiary/aromatic N) is 2. The van der Waals surface area contributed by atoms with Crippen LogP contribution in [0.3, 0.4) is 0 Å². The molecule has 1 atom stereocenters. The van der Waals surface area contributed by atoms with Crippen LogP contribution in [0, 0.1) is 5.92 Å². The average Bonchev–Trinajstić information content (AvgIpc) is 2.74. The summed E-state index contributed by atoms with van der Waals surface area (Å²) in [6.45, 7) is 3.74. The maximum atomic E-state index is 12.2. The standard InChI is InChI=1S/C12H21N3O5S/c1-8(2)10(19-4)7-21(17,18)14-9-6-15(3)13-11(9)12(16)20-5/h6,8,10,14H,7H2,1-5H3. The second kappa shape index (κ2) is 6.90. The van der Waals surface area contributed by atoms with Crippen LogP contribution >= 0.6 is 0 Å². The summed E-state index contributed by atoms with van der Waals surface area (Å²) in [7, 11) is 0.568. The molecule has 9 heteroatoms. The van der Waals surface area contributed by atoms with Crippen LogP contribution in [0.25, 0.3) is 0 Å². The zero-order valence-corrected chi connectivity index (χ0v) is 13.6. The summed E-state index contributed by atoms with van der Waals surface area (Å²) in [5, 5.41) is 3.88. The number of methoxy groups -OCH3 is 2. The van der Waals surface area contributed by atoms with Crippen molar-refractivity contribution in [2.75, 3.05) is 24.7 Å². The smallest absolute Gasteiger partial charge is 0.360 e. The Morgan fingerprint density at radius 2 is 2.05 bits per heavy atom. The van der Waals surface area contributed by atoms with Gasteiger partial charge in [-0.05, 0) is 5.92 Å². The average molecular weight is 319 g/mol. The van der Waals surface area contributed by atoms with Crippen LogP contribution in [0.15, 0.2) is 6.20 Å². The minimum absolute atomic E-state index is 0.0422. The van der Waals surface area contributed by atoms with E-state index in [9.17, 15) is 13.2 Å². The normalized spacial score (nSPS) is 13.2. The second-order valence-corrected chi connectivity index (χ2v) is 6.73. The van der Waals surface area contributed by atoms with Gasteiger partial charge in [0.2, 0.25) is 10.0 Å². The topological polar surface area (TPSA) is 99.5 Å². The van der Waals surface area contributed by atoms with E-state index >= 15 is 0 Å². The number of carbonyl (C=O) groups excluding carboxylic acids is 1. The number of nitrogens with one attached hydrogen (secondary N) is 1. The molecule has 1 unspecified atom stereocenters. The van der Waals surface area contributed by atoms with Gasteiger partial charge in [0.15, 0.2) is 5.69 Å². The summed E-state index contributed by atoms with van der Waals surface area (Å²) < 4.78 is 37.7. The molecule has 1 aromatic heterocycles. The van der Waals surface area contributed by atoms with E-state index in [4.69, 9.17) is 4.74 Å². The van der Waals surface area contributed by atoms with Gasteiger partial charge < -0.3 is 9.47 Å². The van der Waals surface area contributed by atoms with Crippen molar-refractivity contribution < 1.29 is 22.7 Å². The zero-order valence-electron chi connectivity index (χ0n) is 12.8. The van der Waals surface area contributed by atoms with Gasteiger partial charge >= 0.3 is 5.97 Å². The fraction of sp³-hybridized carbons (Fsp3) is 0.667. The molecule has 1 N–H and O–H groups in total. The number of hydrogen-bond donors (Lipinski definition) is 1. The first kappa shape index (κ1) is 17.4. The van der Waals surface area contributed by atoms with Gasteiger partial charge in [0.05, 0.1) is 19.0 Å². The predicted molar refractivity (Wildman–Crippen MR) is 77.6 cm³/mol. The summed E-state index contributed by atoms with van der Waals surface area (Å²) in [6.07, 6.45) is 0.960. The monoisotopic (exact) mass is 319 g/mol. The summed E-state index contributed by atoms with van der Waals surface area (Å²) >= 11 is 0. The van der Waals surface area contributed by atoms with Crippen LogP contribution in [0.2, 0.25) is 0 Å². The van der Waals surface area contributed by atoms with Gasteiger partial charge in [0, 0.05) is 20.4 Å². The minimum atomic E-state index is -3.68. The summed E-state index contributed by atoms with van der Waals surface area (Å²) in [5.41, 5.74) is 0.00467. The number of esters is 1. The van der Waals surface area contributed by atoms with E-state index in [0.29, 0.717) is 0 Å². The molecule has 0 saturated heterocycles. The van der Waals surface area contributed by atoms with Crippen molar-refractivity contribution >= 4 is 21.7 Å². The lowest BCUT2D eigenvalue weighted by Crippen LogP contribution is -2.31. The van der Waals surface area contributed by atoms with Crippen molar-refractivity contribution in [1.29, 1.82) is 0 Å². The van der Waals surface area contributed by atoms with Crippen LogP contribution in [-0.4, -0.2) is 50.2 Å². The Bertz CT molecular complexity index is 594. The lowest BCUT2D eigenvalue weighted by atomic mass is 10.1. The molecule has 0 aliphatic rings. The number of aryl methyl sites for hydroxylation is 1. The van der Waals surface area contributed by atoms with E-state index in [2.05, 4.69) is 14.6 Å². The van der Waals surface area contributed by atoms with E-state index in [-0.39, 0.29) is 23.1 Å². The number of hydrogen-bond acceptors (Lipinski definition) is 6. The van der Waals surface area contributed by atoms with E-state index in [1.807, 2.05) is 13.8 Å². The van der Waals surface area contributed by atoms with Crippen LogP contribution in [0.4, 0.5) is 5.69 Å². The zero-order chi connectivity index (χ0) is 16.2. The highest BCUT2D eigenvalue weighted by atomic mass is 32.2. The maximum absolute atomic E-state index is 12.2. The van der Waals surface area contributed by atoms with Crippen LogP contribution in [0.1, 0.15) is 24.3 Å². The van der Waals surface area contributed by atoms with E-state index in [0.717, 1.165) is 0 Å². The third-order valence-corrected chi connectivity index (χ3v) is 4.20. The SMILES string of the molecule is COC(=O)c1nn(C)cc1NS(=O)(=O)CC(OC)C(C)C. The predicted octanol–water partition coefficient (Wildman–Crippen LogP) is 0.619. The first-order valence-electron chi connectivity index (χ1n) is 6.35. The summed E-state index contributed by atoms with van der Waals surface area (Å²) in [6, 6.07) is 0. The Balaban J connectivity index is 2.97. The number of ether oxygens (including phenoxy) is 2. The fourth-order valence-electron chi connectivity index (χ4n) is 1.77. The fourth-order valence-corrected chi connectivity index (χ4v) is 3.29. The molecule has 1 heterocycles. The van der Waals surface area contributed by atoms with Crippen molar-refractivity contribution in [1.82, 2.24) is 9.78 Å². The Hall–Kier alpha value is -1.61. The van der Waals surface area contributed by atoms with E-state index in [1.54, 1.807) is 7.05 Å². The van der Waals surface area contributed by atoms with Crippen LogP contribution in [-0.2, 0) is 26.5 Å². The molecule has 0 fully saturated rings. The van der Waals surface area contributed by atoms with Gasteiger partial charge in [-0.15, -0.1) is 0 Å². The number of carbonyl (C=O) groups is 1. The molecule has 0 spiro atoms.